The van der Waals surface area contributed by atoms with Gasteiger partial charge in [-0.25, -0.2) is 4.39 Å². The highest BCUT2D eigenvalue weighted by Gasteiger charge is 2.22. The van der Waals surface area contributed by atoms with Gasteiger partial charge in [-0.1, -0.05) is 24.3 Å². The number of rotatable bonds is 7. The Kier molecular flexibility index (Phi) is 6.59. The van der Waals surface area contributed by atoms with Gasteiger partial charge in [0.15, 0.2) is 0 Å². The van der Waals surface area contributed by atoms with Gasteiger partial charge in [-0.05, 0) is 41.8 Å². The molecule has 1 aliphatic heterocycles. The number of amides is 2. The fourth-order valence-electron chi connectivity index (χ4n) is 3.34. The van der Waals surface area contributed by atoms with Crippen LogP contribution in [0.25, 0.3) is 0 Å². The molecule has 1 heterocycles. The lowest BCUT2D eigenvalue weighted by molar-refractivity contribution is -0.141. The number of hydrogen-bond acceptors (Lipinski definition) is 4. The molecule has 0 unspecified atom stereocenters. The predicted molar refractivity (Wildman–Crippen MR) is 104 cm³/mol. The molecule has 3 rings (SSSR count). The number of carbonyl (C=O) groups is 3. The molecule has 0 spiro atoms. The highest BCUT2D eigenvalue weighted by molar-refractivity contribution is 5.95. The molecule has 0 radical (unpaired) electrons. The topological polar surface area (TPSA) is 75.7 Å². The lowest BCUT2D eigenvalue weighted by Crippen LogP contribution is -2.30. The van der Waals surface area contributed by atoms with Crippen LogP contribution in [0.4, 0.5) is 4.39 Å². The fraction of sp³-hybridized carbons (Fsp3) is 0.318. The maximum atomic E-state index is 13.2. The van der Waals surface area contributed by atoms with E-state index in [0.29, 0.717) is 24.1 Å². The first kappa shape index (κ1) is 20.5. The summed E-state index contributed by atoms with van der Waals surface area (Å²) < 4.78 is 18.0. The monoisotopic (exact) mass is 398 g/mol. The Bertz CT molecular complexity index is 898. The van der Waals surface area contributed by atoms with Crippen molar-refractivity contribution in [2.24, 2.45) is 0 Å². The minimum atomic E-state index is -0.653. The number of halogens is 1. The maximum absolute atomic E-state index is 13.2. The number of likely N-dealkylation sites (tertiary alicyclic amines) is 1. The van der Waals surface area contributed by atoms with Crippen LogP contribution in [0.5, 0.6) is 0 Å². The quantitative estimate of drug-likeness (QED) is 0.728. The van der Waals surface area contributed by atoms with Crippen molar-refractivity contribution in [1.29, 1.82) is 0 Å². The molecule has 1 saturated heterocycles. The van der Waals surface area contributed by atoms with E-state index >= 15 is 0 Å². The van der Waals surface area contributed by atoms with E-state index in [9.17, 15) is 18.8 Å². The van der Waals surface area contributed by atoms with Crippen molar-refractivity contribution in [3.05, 3.63) is 71.0 Å². The van der Waals surface area contributed by atoms with E-state index in [0.717, 1.165) is 18.5 Å². The minimum Gasteiger partial charge on any atom is -0.469 e. The van der Waals surface area contributed by atoms with E-state index in [1.165, 1.54) is 31.4 Å². The zero-order chi connectivity index (χ0) is 20.8. The molecular formula is C22H23FN2O4. The molecule has 2 aromatic rings. The lowest BCUT2D eigenvalue weighted by atomic mass is 10.0. The van der Waals surface area contributed by atoms with Crippen LogP contribution in [-0.4, -0.2) is 36.3 Å². The van der Waals surface area contributed by atoms with E-state index in [2.05, 4.69) is 5.32 Å². The van der Waals surface area contributed by atoms with Crippen LogP contribution in [0.1, 0.15) is 46.8 Å². The van der Waals surface area contributed by atoms with Crippen LogP contribution in [0.2, 0.25) is 0 Å². The van der Waals surface area contributed by atoms with Gasteiger partial charge in [-0.2, -0.15) is 0 Å². The van der Waals surface area contributed by atoms with E-state index in [4.69, 9.17) is 4.74 Å². The van der Waals surface area contributed by atoms with Crippen molar-refractivity contribution in [2.75, 3.05) is 13.7 Å². The molecule has 29 heavy (non-hydrogen) atoms. The second-order valence-corrected chi connectivity index (χ2v) is 6.98. The van der Waals surface area contributed by atoms with Crippen LogP contribution >= 0.6 is 0 Å². The molecule has 1 fully saturated rings. The summed E-state index contributed by atoms with van der Waals surface area (Å²) in [5.74, 6) is -1.13. The summed E-state index contributed by atoms with van der Waals surface area (Å²) in [6, 6.07) is 12.0. The standard InChI is InChI=1S/C22H23FN2O4/c1-29-21(27)13-19(16-7-9-18(23)10-8-16)24-22(28)17-5-2-4-15(12-17)14-25-11-3-6-20(25)26/h2,4-5,7-10,12,19H,3,6,11,13-14H2,1H3,(H,24,28)/t19-/m1/s1. The van der Waals surface area contributed by atoms with Crippen LogP contribution in [0.3, 0.4) is 0 Å². The summed E-state index contributed by atoms with van der Waals surface area (Å²) in [4.78, 5) is 38.2. The van der Waals surface area contributed by atoms with E-state index in [-0.39, 0.29) is 18.2 Å². The Labute approximate surface area is 168 Å². The normalized spacial score (nSPS) is 14.6. The summed E-state index contributed by atoms with van der Waals surface area (Å²) in [5, 5.41) is 2.82. The van der Waals surface area contributed by atoms with Gasteiger partial charge in [0, 0.05) is 25.1 Å². The number of benzene rings is 2. The second kappa shape index (κ2) is 9.32. The fourth-order valence-corrected chi connectivity index (χ4v) is 3.34. The van der Waals surface area contributed by atoms with Crippen LogP contribution < -0.4 is 5.32 Å². The minimum absolute atomic E-state index is 0.0736. The first-order chi connectivity index (χ1) is 14.0. The van der Waals surface area contributed by atoms with Crippen molar-refractivity contribution in [1.82, 2.24) is 10.2 Å². The Morgan fingerprint density at radius 2 is 1.97 bits per heavy atom. The number of ether oxygens (including phenoxy) is 1. The van der Waals surface area contributed by atoms with Gasteiger partial charge in [-0.3, -0.25) is 14.4 Å². The molecule has 1 aliphatic rings. The third-order valence-corrected chi connectivity index (χ3v) is 4.91. The van der Waals surface area contributed by atoms with Gasteiger partial charge in [0.1, 0.15) is 5.82 Å². The van der Waals surface area contributed by atoms with Gasteiger partial charge >= 0.3 is 5.97 Å². The molecule has 0 bridgehead atoms. The van der Waals surface area contributed by atoms with Crippen LogP contribution in [-0.2, 0) is 20.9 Å². The van der Waals surface area contributed by atoms with Gasteiger partial charge in [0.05, 0.1) is 19.6 Å². The molecule has 1 atom stereocenters. The van der Waals surface area contributed by atoms with Crippen molar-refractivity contribution < 1.29 is 23.5 Å². The molecular weight excluding hydrogens is 375 g/mol. The SMILES string of the molecule is COC(=O)C[C@@H](NC(=O)c1cccc(CN2CCCC2=O)c1)c1ccc(F)cc1. The number of nitrogens with zero attached hydrogens (tertiary/aromatic N) is 1. The molecule has 2 amide bonds. The first-order valence-corrected chi connectivity index (χ1v) is 9.46. The third-order valence-electron chi connectivity index (χ3n) is 4.91. The third kappa shape index (κ3) is 5.40. The molecule has 0 aliphatic carbocycles. The average Bonchev–Trinajstić information content (AvgIpc) is 3.12. The number of nitrogens with one attached hydrogen (secondary N) is 1. The Morgan fingerprint density at radius 1 is 1.21 bits per heavy atom. The molecule has 152 valence electrons. The number of hydrogen-bond donors (Lipinski definition) is 1. The first-order valence-electron chi connectivity index (χ1n) is 9.46. The van der Waals surface area contributed by atoms with Crippen LogP contribution in [0.15, 0.2) is 48.5 Å². The van der Waals surface area contributed by atoms with Gasteiger partial charge in [-0.15, -0.1) is 0 Å². The zero-order valence-corrected chi connectivity index (χ0v) is 16.2. The molecule has 6 nitrogen and oxygen atoms in total. The molecule has 1 N–H and O–H groups in total. The highest BCUT2D eigenvalue weighted by atomic mass is 19.1. The van der Waals surface area contributed by atoms with Gasteiger partial charge in [0.2, 0.25) is 5.91 Å². The summed E-state index contributed by atoms with van der Waals surface area (Å²) >= 11 is 0. The van der Waals surface area contributed by atoms with Crippen LogP contribution in [0, 0.1) is 5.82 Å². The molecule has 0 aromatic heterocycles. The molecule has 7 heteroatoms. The van der Waals surface area contributed by atoms with E-state index in [1.807, 2.05) is 6.07 Å². The zero-order valence-electron chi connectivity index (χ0n) is 16.2. The molecule has 0 saturated carbocycles. The smallest absolute Gasteiger partial charge is 0.307 e. The number of carbonyl (C=O) groups excluding carboxylic acids is 3. The Hall–Kier alpha value is -3.22. The van der Waals surface area contributed by atoms with Crippen molar-refractivity contribution in [3.63, 3.8) is 0 Å². The summed E-state index contributed by atoms with van der Waals surface area (Å²) in [5.41, 5.74) is 1.88. The summed E-state index contributed by atoms with van der Waals surface area (Å²) in [6.07, 6.45) is 1.34. The number of esters is 1. The van der Waals surface area contributed by atoms with Gasteiger partial charge in [0.25, 0.3) is 5.91 Å². The van der Waals surface area contributed by atoms with Crippen molar-refractivity contribution >= 4 is 17.8 Å². The Morgan fingerprint density at radius 3 is 2.62 bits per heavy atom. The summed E-state index contributed by atoms with van der Waals surface area (Å²) in [6.45, 7) is 1.19. The van der Waals surface area contributed by atoms with E-state index < -0.39 is 17.8 Å². The number of methoxy groups -OCH3 is 1. The Balaban J connectivity index is 1.74. The highest BCUT2D eigenvalue weighted by Crippen LogP contribution is 2.20. The second-order valence-electron chi connectivity index (χ2n) is 6.98. The largest absolute Gasteiger partial charge is 0.469 e. The average molecular weight is 398 g/mol. The van der Waals surface area contributed by atoms with Gasteiger partial charge < -0.3 is 15.0 Å². The molecule has 2 aromatic carbocycles. The van der Waals surface area contributed by atoms with E-state index in [1.54, 1.807) is 23.1 Å². The summed E-state index contributed by atoms with van der Waals surface area (Å²) in [7, 11) is 1.27. The predicted octanol–water partition coefficient (Wildman–Crippen LogP) is 2.98. The maximum Gasteiger partial charge on any atom is 0.307 e. The lowest BCUT2D eigenvalue weighted by Gasteiger charge is -2.19. The van der Waals surface area contributed by atoms with Crippen molar-refractivity contribution in [2.45, 2.75) is 31.8 Å². The van der Waals surface area contributed by atoms with Crippen molar-refractivity contribution in [3.8, 4) is 0 Å².